The quantitative estimate of drug-likeness (QED) is 0.294. The van der Waals surface area contributed by atoms with Crippen molar-refractivity contribution in [3.8, 4) is 28.7 Å². The molecule has 2 aromatic carbocycles. The summed E-state index contributed by atoms with van der Waals surface area (Å²) in [5.74, 6) is 0.255. The van der Waals surface area contributed by atoms with E-state index in [2.05, 4.69) is 74.4 Å². The summed E-state index contributed by atoms with van der Waals surface area (Å²) in [6.07, 6.45) is 0. The summed E-state index contributed by atoms with van der Waals surface area (Å²) in [6.45, 7) is 9.97. The van der Waals surface area contributed by atoms with Gasteiger partial charge in [-0.3, -0.25) is 4.57 Å². The monoisotopic (exact) mass is 499 g/mol. The van der Waals surface area contributed by atoms with Gasteiger partial charge < -0.3 is 14.0 Å². The van der Waals surface area contributed by atoms with Gasteiger partial charge in [-0.15, -0.1) is 5.10 Å². The highest BCUT2D eigenvalue weighted by Crippen LogP contribution is 2.34. The van der Waals surface area contributed by atoms with Gasteiger partial charge in [0.1, 0.15) is 0 Å². The number of fused-ring (bicyclic) bond motifs is 1. The molecule has 10 heteroatoms. The molecule has 0 spiro atoms. The number of aryl methyl sites for hydroxylation is 1. The first-order chi connectivity index (χ1) is 18.0. The Balaban J connectivity index is 1.55. The van der Waals surface area contributed by atoms with Crippen LogP contribution < -0.4 is 4.74 Å². The highest BCUT2D eigenvalue weighted by atomic mass is 16.5. The van der Waals surface area contributed by atoms with Crippen LogP contribution in [0.1, 0.15) is 42.4 Å². The number of hydrogen-bond donors (Lipinski definition) is 1. The molecule has 190 valence electrons. The number of hydrogen-bond acceptors (Lipinski definition) is 7. The number of esters is 1. The Morgan fingerprint density at radius 1 is 1.03 bits per heavy atom. The molecule has 0 radical (unpaired) electrons. The highest BCUT2D eigenvalue weighted by Gasteiger charge is 2.21. The molecular formula is C27H29N7O3. The predicted molar refractivity (Wildman–Crippen MR) is 139 cm³/mol. The van der Waals surface area contributed by atoms with Crippen molar-refractivity contribution in [3.05, 3.63) is 65.4 Å². The number of carbonyl (C=O) groups is 1. The third kappa shape index (κ3) is 4.46. The van der Waals surface area contributed by atoms with Gasteiger partial charge >= 0.3 is 5.97 Å². The lowest BCUT2D eigenvalue weighted by atomic mass is 10.0. The molecule has 0 atom stereocenters. The van der Waals surface area contributed by atoms with Crippen molar-refractivity contribution < 1.29 is 14.3 Å². The molecule has 5 rings (SSSR count). The van der Waals surface area contributed by atoms with E-state index in [0.29, 0.717) is 48.2 Å². The first kappa shape index (κ1) is 24.2. The van der Waals surface area contributed by atoms with Crippen LogP contribution in [0.25, 0.3) is 33.7 Å². The summed E-state index contributed by atoms with van der Waals surface area (Å²) in [5, 5.41) is 14.5. The Bertz CT molecular complexity index is 1530. The molecule has 0 amide bonds. The van der Waals surface area contributed by atoms with Gasteiger partial charge in [0.25, 0.3) is 6.01 Å². The van der Waals surface area contributed by atoms with Gasteiger partial charge in [-0.1, -0.05) is 30.3 Å². The molecule has 0 aliphatic rings. The molecule has 3 aromatic heterocycles. The van der Waals surface area contributed by atoms with E-state index >= 15 is 0 Å². The molecule has 0 saturated carbocycles. The third-order valence-electron chi connectivity index (χ3n) is 6.29. The normalized spacial score (nSPS) is 11.2. The number of ether oxygens (including phenoxy) is 2. The van der Waals surface area contributed by atoms with Crippen LogP contribution >= 0.6 is 0 Å². The van der Waals surface area contributed by atoms with Gasteiger partial charge in [0.05, 0.1) is 42.0 Å². The number of imidazole rings is 1. The van der Waals surface area contributed by atoms with E-state index in [0.717, 1.165) is 34.6 Å². The standard InChI is InChI=1S/C27H29N7O3/c1-5-33-17(4)15-21(25-29-31-32-30-25)23(33)19-13-11-18(12-14-19)16-34-24-20(26(35)36-6-2)9-8-10-22(24)28-27(34)37-7-3/h8-15H,5-7,16H2,1-4H3,(H,29,30,31,32). The summed E-state index contributed by atoms with van der Waals surface area (Å²) >= 11 is 0. The van der Waals surface area contributed by atoms with E-state index in [-0.39, 0.29) is 5.97 Å². The smallest absolute Gasteiger partial charge is 0.340 e. The number of nitrogens with zero attached hydrogens (tertiary/aromatic N) is 6. The number of aromatic amines is 1. The number of nitrogens with one attached hydrogen (secondary N) is 1. The largest absolute Gasteiger partial charge is 0.465 e. The summed E-state index contributed by atoms with van der Waals surface area (Å²) in [5.41, 5.74) is 7.08. The van der Waals surface area contributed by atoms with Crippen LogP contribution in [-0.4, -0.2) is 53.9 Å². The number of benzene rings is 2. The number of H-pyrrole nitrogens is 1. The number of carbonyl (C=O) groups excluding carboxylic acids is 1. The van der Waals surface area contributed by atoms with E-state index < -0.39 is 0 Å². The summed E-state index contributed by atoms with van der Waals surface area (Å²) < 4.78 is 15.3. The summed E-state index contributed by atoms with van der Waals surface area (Å²) in [6, 6.07) is 16.3. The van der Waals surface area contributed by atoms with Gasteiger partial charge in [0.2, 0.25) is 0 Å². The van der Waals surface area contributed by atoms with Gasteiger partial charge in [-0.2, -0.15) is 4.98 Å². The minimum atomic E-state index is -0.377. The van der Waals surface area contributed by atoms with Crippen molar-refractivity contribution >= 4 is 17.0 Å². The van der Waals surface area contributed by atoms with Crippen LogP contribution in [0.4, 0.5) is 0 Å². The zero-order chi connectivity index (χ0) is 25.9. The Labute approximate surface area is 214 Å². The average Bonchev–Trinajstić information content (AvgIpc) is 3.63. The summed E-state index contributed by atoms with van der Waals surface area (Å²) in [7, 11) is 0. The third-order valence-corrected chi connectivity index (χ3v) is 6.29. The fourth-order valence-corrected chi connectivity index (χ4v) is 4.72. The highest BCUT2D eigenvalue weighted by molar-refractivity contribution is 6.02. The topological polar surface area (TPSA) is 113 Å². The Morgan fingerprint density at radius 2 is 1.84 bits per heavy atom. The van der Waals surface area contributed by atoms with Crippen LogP contribution in [0.5, 0.6) is 6.01 Å². The van der Waals surface area contributed by atoms with Crippen molar-refractivity contribution in [3.63, 3.8) is 0 Å². The van der Waals surface area contributed by atoms with Crippen molar-refractivity contribution in [1.29, 1.82) is 0 Å². The minimum absolute atomic E-state index is 0.300. The molecule has 3 heterocycles. The molecule has 1 N–H and O–H groups in total. The fourth-order valence-electron chi connectivity index (χ4n) is 4.72. The zero-order valence-electron chi connectivity index (χ0n) is 21.4. The van der Waals surface area contributed by atoms with Crippen molar-refractivity contribution in [2.45, 2.75) is 40.8 Å². The summed E-state index contributed by atoms with van der Waals surface area (Å²) in [4.78, 5) is 17.3. The van der Waals surface area contributed by atoms with Crippen LogP contribution in [0, 0.1) is 6.92 Å². The number of rotatable bonds is 9. The van der Waals surface area contributed by atoms with Crippen LogP contribution in [0.15, 0.2) is 48.5 Å². The maximum Gasteiger partial charge on any atom is 0.340 e. The van der Waals surface area contributed by atoms with Crippen molar-refractivity contribution in [2.75, 3.05) is 13.2 Å². The molecular weight excluding hydrogens is 470 g/mol. The predicted octanol–water partition coefficient (Wildman–Crippen LogP) is 4.64. The second kappa shape index (κ2) is 10.3. The number of para-hydroxylation sites is 1. The molecule has 0 bridgehead atoms. The SMILES string of the molecule is CCOC(=O)c1cccc2nc(OCC)n(Cc3ccc(-c4c(-c5nnn[nH]5)cc(C)n4CC)cc3)c12. The van der Waals surface area contributed by atoms with E-state index in [1.165, 1.54) is 0 Å². The van der Waals surface area contributed by atoms with Gasteiger partial charge in [-0.05, 0) is 67.4 Å². The van der Waals surface area contributed by atoms with Crippen LogP contribution in [0.3, 0.4) is 0 Å². The lowest BCUT2D eigenvalue weighted by molar-refractivity contribution is 0.0528. The fraction of sp³-hybridized carbons (Fsp3) is 0.296. The lowest BCUT2D eigenvalue weighted by Gasteiger charge is -2.13. The lowest BCUT2D eigenvalue weighted by Crippen LogP contribution is -2.10. The van der Waals surface area contributed by atoms with Gasteiger partial charge in [0.15, 0.2) is 5.82 Å². The van der Waals surface area contributed by atoms with Crippen molar-refractivity contribution in [2.24, 2.45) is 0 Å². The first-order valence-corrected chi connectivity index (χ1v) is 12.4. The first-order valence-electron chi connectivity index (χ1n) is 12.4. The Hall–Kier alpha value is -4.47. The second-order valence-corrected chi connectivity index (χ2v) is 8.55. The maximum absolute atomic E-state index is 12.7. The maximum atomic E-state index is 12.7. The molecule has 5 aromatic rings. The molecule has 0 aliphatic carbocycles. The molecule has 0 unspecified atom stereocenters. The van der Waals surface area contributed by atoms with Crippen LogP contribution in [0.2, 0.25) is 0 Å². The molecule has 0 aliphatic heterocycles. The van der Waals surface area contributed by atoms with E-state index in [1.54, 1.807) is 13.0 Å². The van der Waals surface area contributed by atoms with Crippen LogP contribution in [-0.2, 0) is 17.8 Å². The second-order valence-electron chi connectivity index (χ2n) is 8.55. The molecule has 0 saturated heterocycles. The van der Waals surface area contributed by atoms with E-state index in [9.17, 15) is 4.79 Å². The molecule has 10 nitrogen and oxygen atoms in total. The Kier molecular flexibility index (Phi) is 6.72. The average molecular weight is 500 g/mol. The van der Waals surface area contributed by atoms with Crippen molar-refractivity contribution in [1.82, 2.24) is 34.7 Å². The van der Waals surface area contributed by atoms with Gasteiger partial charge in [0, 0.05) is 17.8 Å². The number of aromatic nitrogens is 7. The minimum Gasteiger partial charge on any atom is -0.465 e. The molecule has 0 fully saturated rings. The van der Waals surface area contributed by atoms with E-state index in [4.69, 9.17) is 9.47 Å². The number of tetrazole rings is 1. The Morgan fingerprint density at radius 3 is 2.51 bits per heavy atom. The molecule has 37 heavy (non-hydrogen) atoms. The zero-order valence-corrected chi connectivity index (χ0v) is 21.4. The van der Waals surface area contributed by atoms with E-state index in [1.807, 2.05) is 23.6 Å². The van der Waals surface area contributed by atoms with Gasteiger partial charge in [-0.25, -0.2) is 9.89 Å².